The Morgan fingerprint density at radius 2 is 1.95 bits per heavy atom. The predicted molar refractivity (Wildman–Crippen MR) is 74.4 cm³/mol. The summed E-state index contributed by atoms with van der Waals surface area (Å²) in [4.78, 5) is 0.0669. The Morgan fingerprint density at radius 1 is 1.30 bits per heavy atom. The van der Waals surface area contributed by atoms with Crippen LogP contribution in [-0.4, -0.2) is 25.7 Å². The third kappa shape index (κ3) is 3.19. The lowest BCUT2D eigenvalue weighted by atomic mass is 9.83. The second-order valence-electron chi connectivity index (χ2n) is 5.51. The Balaban J connectivity index is 2.30. The number of nitrogens with one attached hydrogen (secondary N) is 1. The summed E-state index contributed by atoms with van der Waals surface area (Å²) in [6.45, 7) is 1.34. The second-order valence-corrected chi connectivity index (χ2v) is 7.17. The van der Waals surface area contributed by atoms with Gasteiger partial charge in [-0.2, -0.15) is 0 Å². The molecule has 0 unspecified atom stereocenters. The van der Waals surface area contributed by atoms with Crippen LogP contribution in [0.15, 0.2) is 23.1 Å². The van der Waals surface area contributed by atoms with E-state index in [-0.39, 0.29) is 11.5 Å². The summed E-state index contributed by atoms with van der Waals surface area (Å²) >= 11 is 0. The highest BCUT2D eigenvalue weighted by atomic mass is 32.2. The highest BCUT2D eigenvalue weighted by molar-refractivity contribution is 7.89. The minimum absolute atomic E-state index is 0.0669. The van der Waals surface area contributed by atoms with Crippen LogP contribution in [0, 0.1) is 12.7 Å². The zero-order chi connectivity index (χ0) is 14.8. The first kappa shape index (κ1) is 15.4. The Kier molecular flexibility index (Phi) is 4.46. The molecule has 1 saturated carbocycles. The van der Waals surface area contributed by atoms with Crippen LogP contribution in [0.3, 0.4) is 0 Å². The number of sulfonamides is 1. The molecule has 0 heterocycles. The molecule has 1 aromatic carbocycles. The van der Waals surface area contributed by atoms with Crippen molar-refractivity contribution in [2.75, 3.05) is 6.61 Å². The molecule has 4 nitrogen and oxygen atoms in total. The van der Waals surface area contributed by atoms with E-state index < -0.39 is 21.4 Å². The number of benzene rings is 1. The average molecular weight is 301 g/mol. The molecule has 20 heavy (non-hydrogen) atoms. The zero-order valence-electron chi connectivity index (χ0n) is 11.5. The molecule has 0 aromatic heterocycles. The Bertz CT molecular complexity index is 580. The summed E-state index contributed by atoms with van der Waals surface area (Å²) in [6, 6.07) is 3.59. The van der Waals surface area contributed by atoms with Crippen LogP contribution in [0.2, 0.25) is 0 Å². The molecule has 1 aliphatic carbocycles. The first-order valence-electron chi connectivity index (χ1n) is 6.80. The number of rotatable bonds is 4. The Morgan fingerprint density at radius 3 is 2.50 bits per heavy atom. The van der Waals surface area contributed by atoms with Crippen LogP contribution in [0.4, 0.5) is 4.39 Å². The molecule has 1 fully saturated rings. The van der Waals surface area contributed by atoms with E-state index in [0.29, 0.717) is 18.4 Å². The molecular formula is C14H20FNO3S. The molecule has 6 heteroatoms. The van der Waals surface area contributed by atoms with Gasteiger partial charge in [-0.25, -0.2) is 17.5 Å². The number of aryl methyl sites for hydroxylation is 1. The van der Waals surface area contributed by atoms with E-state index in [2.05, 4.69) is 4.72 Å². The summed E-state index contributed by atoms with van der Waals surface area (Å²) < 4.78 is 40.6. The highest BCUT2D eigenvalue weighted by Gasteiger charge is 2.36. The first-order chi connectivity index (χ1) is 9.38. The quantitative estimate of drug-likeness (QED) is 0.895. The predicted octanol–water partition coefficient (Wildman–Crippen LogP) is 2.11. The van der Waals surface area contributed by atoms with Crippen molar-refractivity contribution in [3.05, 3.63) is 29.6 Å². The molecule has 112 valence electrons. The van der Waals surface area contributed by atoms with Crippen LogP contribution >= 0.6 is 0 Å². The van der Waals surface area contributed by atoms with Crippen molar-refractivity contribution in [1.82, 2.24) is 4.72 Å². The van der Waals surface area contributed by atoms with Crippen LogP contribution in [-0.2, 0) is 10.0 Å². The van der Waals surface area contributed by atoms with E-state index in [9.17, 15) is 17.9 Å². The lowest BCUT2D eigenvalue weighted by molar-refractivity contribution is 0.142. The van der Waals surface area contributed by atoms with E-state index in [0.717, 1.165) is 25.3 Å². The van der Waals surface area contributed by atoms with Crippen molar-refractivity contribution in [3.63, 3.8) is 0 Å². The summed E-state index contributed by atoms with van der Waals surface area (Å²) in [7, 11) is -3.75. The van der Waals surface area contributed by atoms with Gasteiger partial charge in [0.15, 0.2) is 0 Å². The molecule has 0 bridgehead atoms. The lowest BCUT2D eigenvalue weighted by Gasteiger charge is -2.36. The van der Waals surface area contributed by atoms with Crippen molar-refractivity contribution < 1.29 is 17.9 Å². The van der Waals surface area contributed by atoms with Crippen LogP contribution < -0.4 is 4.72 Å². The van der Waals surface area contributed by atoms with Gasteiger partial charge in [0.05, 0.1) is 17.0 Å². The van der Waals surface area contributed by atoms with Crippen molar-refractivity contribution in [2.45, 2.75) is 49.5 Å². The third-order valence-electron chi connectivity index (χ3n) is 3.89. The van der Waals surface area contributed by atoms with Gasteiger partial charge in [-0.3, -0.25) is 0 Å². The van der Waals surface area contributed by atoms with E-state index >= 15 is 0 Å². The van der Waals surface area contributed by atoms with Gasteiger partial charge in [0, 0.05) is 0 Å². The zero-order valence-corrected chi connectivity index (χ0v) is 12.3. The molecule has 0 amide bonds. The molecule has 2 N–H and O–H groups in total. The maximum Gasteiger partial charge on any atom is 0.241 e. The summed E-state index contributed by atoms with van der Waals surface area (Å²) in [6.07, 6.45) is 4.10. The van der Waals surface area contributed by atoms with Gasteiger partial charge in [-0.15, -0.1) is 0 Å². The van der Waals surface area contributed by atoms with Crippen molar-refractivity contribution in [1.29, 1.82) is 0 Å². The monoisotopic (exact) mass is 301 g/mol. The fourth-order valence-electron chi connectivity index (χ4n) is 2.78. The maximum absolute atomic E-state index is 13.1. The largest absolute Gasteiger partial charge is 0.394 e. The molecule has 0 aliphatic heterocycles. The number of hydrogen-bond acceptors (Lipinski definition) is 3. The summed E-state index contributed by atoms with van der Waals surface area (Å²) in [5, 5.41) is 9.58. The minimum atomic E-state index is -3.75. The van der Waals surface area contributed by atoms with Crippen molar-refractivity contribution in [2.24, 2.45) is 0 Å². The van der Waals surface area contributed by atoms with E-state index in [1.54, 1.807) is 6.92 Å². The van der Waals surface area contributed by atoms with Crippen LogP contribution in [0.1, 0.15) is 37.7 Å². The van der Waals surface area contributed by atoms with Crippen molar-refractivity contribution >= 4 is 10.0 Å². The van der Waals surface area contributed by atoms with Gasteiger partial charge in [0.1, 0.15) is 5.82 Å². The van der Waals surface area contributed by atoms with Crippen molar-refractivity contribution in [3.8, 4) is 0 Å². The highest BCUT2D eigenvalue weighted by Crippen LogP contribution is 2.30. The van der Waals surface area contributed by atoms with Gasteiger partial charge in [0.2, 0.25) is 10.0 Å². The molecule has 2 rings (SSSR count). The number of aliphatic hydroxyl groups excluding tert-OH is 1. The van der Waals surface area contributed by atoms with Gasteiger partial charge in [-0.1, -0.05) is 19.3 Å². The number of aliphatic hydroxyl groups is 1. The van der Waals surface area contributed by atoms with Gasteiger partial charge in [-0.05, 0) is 43.5 Å². The number of halogens is 1. The number of hydrogen-bond donors (Lipinski definition) is 2. The van der Waals surface area contributed by atoms with E-state index in [1.807, 2.05) is 0 Å². The summed E-state index contributed by atoms with van der Waals surface area (Å²) in [5.41, 5.74) is -0.417. The Hall–Kier alpha value is -0.980. The third-order valence-corrected chi connectivity index (χ3v) is 5.63. The van der Waals surface area contributed by atoms with Crippen LogP contribution in [0.25, 0.3) is 0 Å². The van der Waals surface area contributed by atoms with E-state index in [1.165, 1.54) is 12.1 Å². The minimum Gasteiger partial charge on any atom is -0.394 e. The standard InChI is InChI=1S/C14H20FNO3S/c1-11-9-12(15)5-6-13(11)20(18,19)16-14(10-17)7-3-2-4-8-14/h5-6,9,16-17H,2-4,7-8,10H2,1H3. The molecule has 0 atom stereocenters. The summed E-state index contributed by atoms with van der Waals surface area (Å²) in [5.74, 6) is -0.462. The van der Waals surface area contributed by atoms with Gasteiger partial charge >= 0.3 is 0 Å². The maximum atomic E-state index is 13.1. The van der Waals surface area contributed by atoms with Gasteiger partial charge in [0.25, 0.3) is 0 Å². The lowest BCUT2D eigenvalue weighted by Crippen LogP contribution is -2.52. The van der Waals surface area contributed by atoms with Crippen LogP contribution in [0.5, 0.6) is 0 Å². The second kappa shape index (κ2) is 5.79. The fraction of sp³-hybridized carbons (Fsp3) is 0.571. The van der Waals surface area contributed by atoms with E-state index in [4.69, 9.17) is 0 Å². The fourth-order valence-corrected chi connectivity index (χ4v) is 4.45. The molecule has 1 aliphatic rings. The molecule has 0 spiro atoms. The molecule has 0 saturated heterocycles. The Labute approximate surface area is 119 Å². The average Bonchev–Trinajstić information content (AvgIpc) is 2.38. The first-order valence-corrected chi connectivity index (χ1v) is 8.28. The normalized spacial score (nSPS) is 18.9. The smallest absolute Gasteiger partial charge is 0.241 e. The van der Waals surface area contributed by atoms with Gasteiger partial charge < -0.3 is 5.11 Å². The molecule has 1 aromatic rings. The SMILES string of the molecule is Cc1cc(F)ccc1S(=O)(=O)NC1(CO)CCCCC1. The molecule has 0 radical (unpaired) electrons. The molecular weight excluding hydrogens is 281 g/mol. The topological polar surface area (TPSA) is 66.4 Å².